The number of piperazine rings is 1. The molecule has 8 heteroatoms. The number of hydrogen-bond donors (Lipinski definition) is 1. The molecule has 0 bridgehead atoms. The second-order valence-electron chi connectivity index (χ2n) is 9.64. The normalized spacial score (nSPS) is 16.5. The molecule has 2 aliphatic rings. The van der Waals surface area contributed by atoms with Gasteiger partial charge < -0.3 is 14.6 Å². The van der Waals surface area contributed by atoms with E-state index in [0.29, 0.717) is 50.2 Å². The van der Waals surface area contributed by atoms with Crippen LogP contribution in [0.2, 0.25) is 0 Å². The van der Waals surface area contributed by atoms with E-state index in [1.54, 1.807) is 10.8 Å². The molecule has 2 aromatic carbocycles. The number of para-hydroxylation sites is 2. The Morgan fingerprint density at radius 3 is 2.51 bits per heavy atom. The monoisotopic (exact) mass is 495 g/mol. The summed E-state index contributed by atoms with van der Waals surface area (Å²) in [6.45, 7) is 2.97. The lowest BCUT2D eigenvalue weighted by Crippen LogP contribution is -2.51. The van der Waals surface area contributed by atoms with E-state index in [1.165, 1.54) is 0 Å². The van der Waals surface area contributed by atoms with Crippen LogP contribution < -0.4 is 5.32 Å². The number of carbonyl (C=O) groups is 2. The smallest absolute Gasteiger partial charge is 0.246 e. The first-order chi connectivity index (χ1) is 18.1. The molecule has 37 heavy (non-hydrogen) atoms. The zero-order chi connectivity index (χ0) is 25.2. The van der Waals surface area contributed by atoms with Crippen LogP contribution in [0.1, 0.15) is 18.4 Å². The molecular weight excluding hydrogens is 466 g/mol. The van der Waals surface area contributed by atoms with Gasteiger partial charge in [-0.2, -0.15) is 5.10 Å². The number of rotatable bonds is 7. The maximum atomic E-state index is 13.0. The van der Waals surface area contributed by atoms with Crippen LogP contribution in [0.4, 0.5) is 0 Å². The van der Waals surface area contributed by atoms with Gasteiger partial charge in [-0.1, -0.05) is 36.4 Å². The summed E-state index contributed by atoms with van der Waals surface area (Å²) >= 11 is 0. The van der Waals surface area contributed by atoms with Crippen LogP contribution in [0.15, 0.2) is 77.4 Å². The van der Waals surface area contributed by atoms with Gasteiger partial charge in [-0.05, 0) is 43.2 Å². The summed E-state index contributed by atoms with van der Waals surface area (Å²) in [5, 5.41) is 8.83. The quantitative estimate of drug-likeness (QED) is 0.395. The molecule has 6 rings (SSSR count). The van der Waals surface area contributed by atoms with Crippen LogP contribution in [-0.2, 0) is 9.59 Å². The summed E-state index contributed by atoms with van der Waals surface area (Å²) in [4.78, 5) is 29.0. The molecule has 0 unspecified atom stereocenters. The molecule has 1 saturated carbocycles. The van der Waals surface area contributed by atoms with Crippen molar-refractivity contribution in [1.82, 2.24) is 24.9 Å². The number of amides is 2. The van der Waals surface area contributed by atoms with Crippen LogP contribution >= 0.6 is 0 Å². The molecule has 1 N–H and O–H groups in total. The van der Waals surface area contributed by atoms with Gasteiger partial charge in [-0.15, -0.1) is 0 Å². The summed E-state index contributed by atoms with van der Waals surface area (Å²) in [7, 11) is 0. The molecule has 4 aromatic rings. The minimum Gasteiger partial charge on any atom is -0.454 e. The van der Waals surface area contributed by atoms with Crippen molar-refractivity contribution < 1.29 is 14.0 Å². The molecule has 0 spiro atoms. The summed E-state index contributed by atoms with van der Waals surface area (Å²) in [5.41, 5.74) is 3.19. The maximum absolute atomic E-state index is 13.0. The van der Waals surface area contributed by atoms with Gasteiger partial charge in [0.1, 0.15) is 11.3 Å². The van der Waals surface area contributed by atoms with E-state index in [0.717, 1.165) is 35.1 Å². The van der Waals surface area contributed by atoms with Gasteiger partial charge in [0.15, 0.2) is 5.76 Å². The number of hydrogen-bond acceptors (Lipinski definition) is 5. The minimum absolute atomic E-state index is 0.0508. The van der Waals surface area contributed by atoms with Gasteiger partial charge in [0, 0.05) is 55.4 Å². The topological polar surface area (TPSA) is 83.6 Å². The predicted molar refractivity (Wildman–Crippen MR) is 142 cm³/mol. The molecule has 8 nitrogen and oxygen atoms in total. The highest BCUT2D eigenvalue weighted by Crippen LogP contribution is 2.30. The Labute approximate surface area is 215 Å². The number of furan rings is 1. The lowest BCUT2D eigenvalue weighted by molar-refractivity contribution is -0.128. The van der Waals surface area contributed by atoms with Gasteiger partial charge in [-0.25, -0.2) is 4.68 Å². The number of nitrogens with one attached hydrogen (secondary N) is 1. The Bertz CT molecular complexity index is 1410. The van der Waals surface area contributed by atoms with E-state index >= 15 is 0 Å². The Kier molecular flexibility index (Phi) is 6.32. The van der Waals surface area contributed by atoms with Gasteiger partial charge >= 0.3 is 0 Å². The Morgan fingerprint density at radius 2 is 1.76 bits per heavy atom. The van der Waals surface area contributed by atoms with Gasteiger partial charge in [0.2, 0.25) is 11.8 Å². The van der Waals surface area contributed by atoms with Gasteiger partial charge in [0.05, 0.1) is 12.2 Å². The van der Waals surface area contributed by atoms with E-state index in [-0.39, 0.29) is 11.8 Å². The molecule has 2 amide bonds. The van der Waals surface area contributed by atoms with Crippen molar-refractivity contribution in [3.05, 3.63) is 78.5 Å². The zero-order valence-corrected chi connectivity index (χ0v) is 20.5. The van der Waals surface area contributed by atoms with Crippen molar-refractivity contribution in [3.63, 3.8) is 0 Å². The molecule has 188 valence electrons. The highest BCUT2D eigenvalue weighted by atomic mass is 16.3. The number of aromatic nitrogens is 2. The summed E-state index contributed by atoms with van der Waals surface area (Å²) in [5.74, 6) is 0.682. The summed E-state index contributed by atoms with van der Waals surface area (Å²) in [6, 6.07) is 20.1. The molecule has 1 aliphatic carbocycles. The highest BCUT2D eigenvalue weighted by molar-refractivity contribution is 5.93. The standard InChI is InChI=1S/C29H29N5O3/c35-27(30-23-11-12-23)20-32-14-16-33(17-15-32)28(36)13-10-22-19-34(24-7-2-1-3-8-24)31-29(22)26-18-21-6-4-5-9-25(21)37-26/h1-10,13,18-19,23H,11-12,14-17,20H2,(H,30,35)/b13-10+. The second-order valence-corrected chi connectivity index (χ2v) is 9.64. The van der Waals surface area contributed by atoms with Crippen molar-refractivity contribution in [1.29, 1.82) is 0 Å². The third-order valence-electron chi connectivity index (χ3n) is 6.82. The summed E-state index contributed by atoms with van der Waals surface area (Å²) in [6.07, 6.45) is 7.50. The fraction of sp³-hybridized carbons (Fsp3) is 0.276. The highest BCUT2D eigenvalue weighted by Gasteiger charge is 2.26. The minimum atomic E-state index is -0.0508. The molecule has 0 atom stereocenters. The Morgan fingerprint density at radius 1 is 1.00 bits per heavy atom. The second kappa shape index (κ2) is 10.1. The predicted octanol–water partition coefficient (Wildman–Crippen LogP) is 3.72. The van der Waals surface area contributed by atoms with Crippen molar-refractivity contribution in [2.75, 3.05) is 32.7 Å². The van der Waals surface area contributed by atoms with Crippen molar-refractivity contribution in [2.24, 2.45) is 0 Å². The van der Waals surface area contributed by atoms with Crippen LogP contribution in [0.3, 0.4) is 0 Å². The van der Waals surface area contributed by atoms with E-state index in [1.807, 2.05) is 77.8 Å². The first-order valence-corrected chi connectivity index (χ1v) is 12.8. The van der Waals surface area contributed by atoms with Crippen LogP contribution in [0, 0.1) is 0 Å². The Balaban J connectivity index is 1.18. The fourth-order valence-electron chi connectivity index (χ4n) is 4.61. The third-order valence-corrected chi connectivity index (χ3v) is 6.82. The Hall–Kier alpha value is -4.17. The number of nitrogens with zero attached hydrogens (tertiary/aromatic N) is 4. The summed E-state index contributed by atoms with van der Waals surface area (Å²) < 4.78 is 7.90. The van der Waals surface area contributed by atoms with E-state index in [9.17, 15) is 9.59 Å². The first-order valence-electron chi connectivity index (χ1n) is 12.8. The molecule has 0 radical (unpaired) electrons. The average molecular weight is 496 g/mol. The third kappa shape index (κ3) is 5.34. The van der Waals surface area contributed by atoms with E-state index in [2.05, 4.69) is 10.2 Å². The molecule has 2 fully saturated rings. The van der Waals surface area contributed by atoms with E-state index in [4.69, 9.17) is 9.52 Å². The number of carbonyl (C=O) groups excluding carboxylic acids is 2. The molecule has 1 aliphatic heterocycles. The van der Waals surface area contributed by atoms with Gasteiger partial charge in [0.25, 0.3) is 0 Å². The van der Waals surface area contributed by atoms with Crippen LogP contribution in [0.5, 0.6) is 0 Å². The zero-order valence-electron chi connectivity index (χ0n) is 20.5. The van der Waals surface area contributed by atoms with Crippen molar-refractivity contribution in [3.8, 4) is 17.1 Å². The average Bonchev–Trinajstić information content (AvgIpc) is 3.46. The molecule has 1 saturated heterocycles. The van der Waals surface area contributed by atoms with Crippen molar-refractivity contribution in [2.45, 2.75) is 18.9 Å². The number of benzene rings is 2. The van der Waals surface area contributed by atoms with Crippen molar-refractivity contribution >= 4 is 28.9 Å². The molecule has 2 aromatic heterocycles. The van der Waals surface area contributed by atoms with Crippen LogP contribution in [0.25, 0.3) is 34.2 Å². The lowest BCUT2D eigenvalue weighted by atomic mass is 10.1. The SMILES string of the molecule is O=C(CN1CCN(C(=O)/C=C/c2cn(-c3ccccc3)nc2-c2cc3ccccc3o2)CC1)NC1CC1. The van der Waals surface area contributed by atoms with E-state index < -0.39 is 0 Å². The van der Waals surface area contributed by atoms with Gasteiger partial charge in [-0.3, -0.25) is 14.5 Å². The first kappa shape index (κ1) is 23.2. The number of fused-ring (bicyclic) bond motifs is 1. The fourth-order valence-corrected chi connectivity index (χ4v) is 4.61. The molecule has 3 heterocycles. The largest absolute Gasteiger partial charge is 0.454 e. The lowest BCUT2D eigenvalue weighted by Gasteiger charge is -2.33. The molecular formula is C29H29N5O3. The maximum Gasteiger partial charge on any atom is 0.246 e. The van der Waals surface area contributed by atoms with Crippen LogP contribution in [-0.4, -0.2) is 70.2 Å².